The molecule has 4 heteroatoms. The van der Waals surface area contributed by atoms with Gasteiger partial charge in [-0.25, -0.2) is 4.98 Å². The average Bonchev–Trinajstić information content (AvgIpc) is 2.64. The molecule has 0 atom stereocenters. The van der Waals surface area contributed by atoms with E-state index in [-0.39, 0.29) is 0 Å². The van der Waals surface area contributed by atoms with E-state index >= 15 is 0 Å². The van der Waals surface area contributed by atoms with Gasteiger partial charge in [-0.2, -0.15) is 0 Å². The van der Waals surface area contributed by atoms with E-state index in [2.05, 4.69) is 20.9 Å². The fourth-order valence-corrected chi connectivity index (χ4v) is 2.88. The van der Waals surface area contributed by atoms with Crippen molar-refractivity contribution < 1.29 is 0 Å². The second-order valence-electron chi connectivity index (χ2n) is 4.61. The number of fused-ring (bicyclic) bond motifs is 4. The molecule has 1 aromatic rings. The fourth-order valence-electron chi connectivity index (χ4n) is 2.76. The Labute approximate surface area is 101 Å². The standard InChI is InChI=1S/C12H16ClN3/c13-12-2-1-11(9-14-12)16-8-7-15-5-3-10(16)4-6-15/h1-2,9-10H,3-8H2. The van der Waals surface area contributed by atoms with Gasteiger partial charge in [0, 0.05) is 32.2 Å². The van der Waals surface area contributed by atoms with E-state index in [4.69, 9.17) is 11.6 Å². The summed E-state index contributed by atoms with van der Waals surface area (Å²) < 4.78 is 0. The molecule has 0 amide bonds. The third kappa shape index (κ3) is 1.89. The molecule has 3 nitrogen and oxygen atoms in total. The van der Waals surface area contributed by atoms with Crippen molar-refractivity contribution >= 4 is 17.3 Å². The fraction of sp³-hybridized carbons (Fsp3) is 0.583. The van der Waals surface area contributed by atoms with Crippen LogP contribution in [0.1, 0.15) is 12.8 Å². The first kappa shape index (κ1) is 10.4. The van der Waals surface area contributed by atoms with Crippen LogP contribution in [-0.2, 0) is 0 Å². The van der Waals surface area contributed by atoms with E-state index in [9.17, 15) is 0 Å². The lowest BCUT2D eigenvalue weighted by Crippen LogP contribution is -2.37. The summed E-state index contributed by atoms with van der Waals surface area (Å²) in [6.07, 6.45) is 4.46. The van der Waals surface area contributed by atoms with Crippen molar-refractivity contribution in [1.82, 2.24) is 9.88 Å². The van der Waals surface area contributed by atoms with Gasteiger partial charge in [-0.1, -0.05) is 11.6 Å². The maximum absolute atomic E-state index is 5.82. The number of halogens is 1. The maximum atomic E-state index is 5.82. The Hall–Kier alpha value is -0.800. The van der Waals surface area contributed by atoms with E-state index in [1.807, 2.05) is 12.3 Å². The number of anilines is 1. The van der Waals surface area contributed by atoms with Crippen molar-refractivity contribution in [2.45, 2.75) is 18.9 Å². The van der Waals surface area contributed by atoms with E-state index in [0.717, 1.165) is 6.54 Å². The summed E-state index contributed by atoms with van der Waals surface area (Å²) in [5.41, 5.74) is 1.22. The summed E-state index contributed by atoms with van der Waals surface area (Å²) in [5, 5.41) is 0.576. The molecule has 3 fully saturated rings. The molecule has 3 aliphatic heterocycles. The molecule has 3 aliphatic rings. The van der Waals surface area contributed by atoms with Crippen molar-refractivity contribution in [2.75, 3.05) is 31.1 Å². The molecule has 4 heterocycles. The van der Waals surface area contributed by atoms with Crippen LogP contribution in [0, 0.1) is 0 Å². The van der Waals surface area contributed by atoms with Crippen molar-refractivity contribution in [2.24, 2.45) is 0 Å². The van der Waals surface area contributed by atoms with Crippen LogP contribution in [0.15, 0.2) is 18.3 Å². The molecule has 0 saturated carbocycles. The van der Waals surface area contributed by atoms with Gasteiger partial charge < -0.3 is 9.80 Å². The second kappa shape index (κ2) is 4.22. The molecule has 16 heavy (non-hydrogen) atoms. The highest BCUT2D eigenvalue weighted by Gasteiger charge is 2.28. The van der Waals surface area contributed by atoms with Crippen LogP contribution in [-0.4, -0.2) is 42.1 Å². The third-order valence-corrected chi connectivity index (χ3v) is 3.92. The normalized spacial score (nSPS) is 29.2. The highest BCUT2D eigenvalue weighted by Crippen LogP contribution is 2.26. The van der Waals surface area contributed by atoms with Crippen LogP contribution in [0.2, 0.25) is 5.15 Å². The monoisotopic (exact) mass is 237 g/mol. The quantitative estimate of drug-likeness (QED) is 0.697. The number of piperidine rings is 1. The first-order valence-electron chi connectivity index (χ1n) is 5.93. The van der Waals surface area contributed by atoms with Crippen molar-refractivity contribution in [1.29, 1.82) is 0 Å². The molecule has 4 rings (SSSR count). The maximum Gasteiger partial charge on any atom is 0.129 e. The smallest absolute Gasteiger partial charge is 0.129 e. The zero-order valence-electron chi connectivity index (χ0n) is 9.27. The van der Waals surface area contributed by atoms with Gasteiger partial charge in [-0.15, -0.1) is 0 Å². The largest absolute Gasteiger partial charge is 0.366 e. The summed E-state index contributed by atoms with van der Waals surface area (Å²) in [4.78, 5) is 9.23. The lowest BCUT2D eigenvalue weighted by Gasteiger charge is -2.32. The molecule has 0 aromatic carbocycles. The molecule has 0 unspecified atom stereocenters. The average molecular weight is 238 g/mol. The predicted molar refractivity (Wildman–Crippen MR) is 66.1 cm³/mol. The minimum Gasteiger partial charge on any atom is -0.366 e. The van der Waals surface area contributed by atoms with Crippen LogP contribution < -0.4 is 4.90 Å². The molecule has 0 spiro atoms. The molecule has 0 radical (unpaired) electrons. The summed E-state index contributed by atoms with van der Waals surface area (Å²) in [6, 6.07) is 4.67. The molecule has 2 bridgehead atoms. The molecule has 3 saturated heterocycles. The Morgan fingerprint density at radius 2 is 1.94 bits per heavy atom. The van der Waals surface area contributed by atoms with Gasteiger partial charge in [-0.05, 0) is 25.0 Å². The summed E-state index contributed by atoms with van der Waals surface area (Å²) in [5.74, 6) is 0. The van der Waals surface area contributed by atoms with E-state index in [0.29, 0.717) is 11.2 Å². The van der Waals surface area contributed by atoms with Gasteiger partial charge in [0.05, 0.1) is 11.9 Å². The van der Waals surface area contributed by atoms with E-state index < -0.39 is 0 Å². The first-order valence-corrected chi connectivity index (χ1v) is 6.31. The van der Waals surface area contributed by atoms with E-state index in [1.165, 1.54) is 38.2 Å². The van der Waals surface area contributed by atoms with Gasteiger partial charge in [0.25, 0.3) is 0 Å². The number of hydrogen-bond donors (Lipinski definition) is 0. The number of aromatic nitrogens is 1. The topological polar surface area (TPSA) is 19.4 Å². The molecule has 0 aliphatic carbocycles. The van der Waals surface area contributed by atoms with Crippen molar-refractivity contribution in [3.8, 4) is 0 Å². The third-order valence-electron chi connectivity index (χ3n) is 3.70. The molecule has 0 N–H and O–H groups in total. The SMILES string of the molecule is Clc1ccc(N2CCN3CCC2CC3)cn1. The highest BCUT2D eigenvalue weighted by atomic mass is 35.5. The Morgan fingerprint density at radius 1 is 1.12 bits per heavy atom. The number of hydrogen-bond acceptors (Lipinski definition) is 3. The minimum absolute atomic E-state index is 0.576. The van der Waals surface area contributed by atoms with Gasteiger partial charge in [0.2, 0.25) is 0 Å². The zero-order chi connectivity index (χ0) is 11.0. The predicted octanol–water partition coefficient (Wildman–Crippen LogP) is 2.02. The second-order valence-corrected chi connectivity index (χ2v) is 4.99. The molecule has 1 aromatic heterocycles. The Kier molecular flexibility index (Phi) is 2.74. The zero-order valence-corrected chi connectivity index (χ0v) is 10.0. The van der Waals surface area contributed by atoms with Crippen molar-refractivity contribution in [3.63, 3.8) is 0 Å². The van der Waals surface area contributed by atoms with Gasteiger partial charge >= 0.3 is 0 Å². The van der Waals surface area contributed by atoms with Crippen LogP contribution in [0.4, 0.5) is 5.69 Å². The number of pyridine rings is 1. The summed E-state index contributed by atoms with van der Waals surface area (Å²) >= 11 is 5.82. The Balaban J connectivity index is 1.85. The first-order chi connectivity index (χ1) is 7.83. The minimum atomic E-state index is 0.576. The number of nitrogens with zero attached hydrogens (tertiary/aromatic N) is 3. The van der Waals surface area contributed by atoms with Crippen molar-refractivity contribution in [3.05, 3.63) is 23.5 Å². The lowest BCUT2D eigenvalue weighted by molar-refractivity contribution is 0.250. The molecule has 86 valence electrons. The van der Waals surface area contributed by atoms with Crippen LogP contribution in [0.25, 0.3) is 0 Å². The Morgan fingerprint density at radius 3 is 2.62 bits per heavy atom. The van der Waals surface area contributed by atoms with Crippen LogP contribution in [0.5, 0.6) is 0 Å². The van der Waals surface area contributed by atoms with Crippen LogP contribution in [0.3, 0.4) is 0 Å². The number of rotatable bonds is 1. The van der Waals surface area contributed by atoms with Crippen LogP contribution >= 0.6 is 11.6 Å². The summed E-state index contributed by atoms with van der Waals surface area (Å²) in [6.45, 7) is 4.80. The summed E-state index contributed by atoms with van der Waals surface area (Å²) in [7, 11) is 0. The highest BCUT2D eigenvalue weighted by molar-refractivity contribution is 6.29. The molecular weight excluding hydrogens is 222 g/mol. The van der Waals surface area contributed by atoms with Gasteiger partial charge in [0.1, 0.15) is 5.15 Å². The Bertz CT molecular complexity index is 357. The lowest BCUT2D eigenvalue weighted by atomic mass is 10.0. The van der Waals surface area contributed by atoms with Gasteiger partial charge in [-0.3, -0.25) is 0 Å². The molecular formula is C12H16ClN3. The van der Waals surface area contributed by atoms with Gasteiger partial charge in [0.15, 0.2) is 0 Å². The van der Waals surface area contributed by atoms with E-state index in [1.54, 1.807) is 0 Å².